The Morgan fingerprint density at radius 3 is 3.00 bits per heavy atom. The van der Waals surface area contributed by atoms with Gasteiger partial charge in [-0.05, 0) is 13.0 Å². The topological polar surface area (TPSA) is 45.1 Å². The van der Waals surface area contributed by atoms with E-state index in [1.165, 1.54) is 0 Å². The zero-order valence-electron chi connectivity index (χ0n) is 9.24. The molecule has 5 nitrogen and oxygen atoms in total. The SMILES string of the molecule is CCn1ccc(NC2=CN(C)NC(Cl)=C2)n1. The minimum absolute atomic E-state index is 0.572. The number of halogens is 1. The van der Waals surface area contributed by atoms with Crippen molar-refractivity contribution in [2.45, 2.75) is 13.5 Å². The Kier molecular flexibility index (Phi) is 3.05. The molecular weight excluding hydrogens is 226 g/mol. The smallest absolute Gasteiger partial charge is 0.152 e. The second-order valence-electron chi connectivity index (χ2n) is 3.48. The molecule has 0 fully saturated rings. The lowest BCUT2D eigenvalue weighted by molar-refractivity contribution is 0.373. The molecule has 6 heteroatoms. The van der Waals surface area contributed by atoms with Crippen molar-refractivity contribution in [2.24, 2.45) is 0 Å². The van der Waals surface area contributed by atoms with Crippen LogP contribution in [0, 0.1) is 0 Å². The second kappa shape index (κ2) is 4.49. The molecule has 0 spiro atoms. The van der Waals surface area contributed by atoms with Crippen LogP contribution in [0.1, 0.15) is 6.92 Å². The minimum atomic E-state index is 0.572. The molecule has 0 unspecified atom stereocenters. The molecule has 0 bridgehead atoms. The van der Waals surface area contributed by atoms with E-state index in [1.807, 2.05) is 43.2 Å². The van der Waals surface area contributed by atoms with Gasteiger partial charge in [-0.2, -0.15) is 5.10 Å². The average Bonchev–Trinajstić information content (AvgIpc) is 2.64. The highest BCUT2D eigenvalue weighted by molar-refractivity contribution is 6.29. The van der Waals surface area contributed by atoms with E-state index in [0.29, 0.717) is 5.16 Å². The number of nitrogens with zero attached hydrogens (tertiary/aromatic N) is 3. The van der Waals surface area contributed by atoms with Crippen LogP contribution in [0.15, 0.2) is 35.4 Å². The van der Waals surface area contributed by atoms with Crippen LogP contribution in [0.2, 0.25) is 0 Å². The van der Waals surface area contributed by atoms with Crippen molar-refractivity contribution < 1.29 is 0 Å². The Hall–Kier alpha value is -1.62. The van der Waals surface area contributed by atoms with Crippen molar-refractivity contribution in [1.82, 2.24) is 20.2 Å². The summed E-state index contributed by atoms with van der Waals surface area (Å²) in [6.07, 6.45) is 5.64. The predicted octanol–water partition coefficient (Wildman–Crippen LogP) is 1.69. The van der Waals surface area contributed by atoms with Crippen LogP contribution in [0.25, 0.3) is 0 Å². The van der Waals surface area contributed by atoms with Crippen LogP contribution in [0.3, 0.4) is 0 Å². The highest BCUT2D eigenvalue weighted by Gasteiger charge is 2.07. The molecule has 0 radical (unpaired) electrons. The molecule has 0 aromatic carbocycles. The van der Waals surface area contributed by atoms with Gasteiger partial charge >= 0.3 is 0 Å². The van der Waals surface area contributed by atoms with Gasteiger partial charge < -0.3 is 5.32 Å². The lowest BCUT2D eigenvalue weighted by Gasteiger charge is -2.22. The van der Waals surface area contributed by atoms with Gasteiger partial charge in [0.25, 0.3) is 0 Å². The third kappa shape index (κ3) is 2.49. The molecule has 0 saturated heterocycles. The monoisotopic (exact) mass is 239 g/mol. The van der Waals surface area contributed by atoms with Gasteiger partial charge in [-0.1, -0.05) is 11.6 Å². The molecule has 2 N–H and O–H groups in total. The molecule has 1 aliphatic heterocycles. The lowest BCUT2D eigenvalue weighted by atomic mass is 10.4. The van der Waals surface area contributed by atoms with Gasteiger partial charge in [-0.3, -0.25) is 15.1 Å². The van der Waals surface area contributed by atoms with Crippen LogP contribution >= 0.6 is 11.6 Å². The van der Waals surface area contributed by atoms with Crippen molar-refractivity contribution in [2.75, 3.05) is 12.4 Å². The number of allylic oxidation sites excluding steroid dienone is 1. The molecule has 1 aliphatic rings. The molecule has 86 valence electrons. The summed E-state index contributed by atoms with van der Waals surface area (Å²) >= 11 is 5.91. The molecule has 0 atom stereocenters. The third-order valence-corrected chi connectivity index (χ3v) is 2.33. The highest BCUT2D eigenvalue weighted by atomic mass is 35.5. The zero-order valence-corrected chi connectivity index (χ0v) is 9.99. The Balaban J connectivity index is 2.09. The summed E-state index contributed by atoms with van der Waals surface area (Å²) < 4.78 is 1.86. The standard InChI is InChI=1S/C10H14ClN5/c1-3-16-5-4-10(14-16)12-8-6-9(11)13-15(2)7-8/h4-7,13H,3H2,1-2H3,(H,12,14). The molecule has 2 heterocycles. The number of nitrogens with one attached hydrogen (secondary N) is 2. The average molecular weight is 240 g/mol. The van der Waals surface area contributed by atoms with Gasteiger partial charge in [0.1, 0.15) is 5.16 Å². The zero-order chi connectivity index (χ0) is 11.5. The predicted molar refractivity (Wildman–Crippen MR) is 64.4 cm³/mol. The summed E-state index contributed by atoms with van der Waals surface area (Å²) in [5, 5.41) is 9.86. The van der Waals surface area contributed by atoms with E-state index in [0.717, 1.165) is 18.1 Å². The number of anilines is 1. The Morgan fingerprint density at radius 1 is 1.56 bits per heavy atom. The number of aryl methyl sites for hydroxylation is 1. The largest absolute Gasteiger partial charge is 0.337 e. The van der Waals surface area contributed by atoms with Gasteiger partial charge in [0, 0.05) is 32.1 Å². The van der Waals surface area contributed by atoms with Crippen LogP contribution in [-0.4, -0.2) is 21.8 Å². The fraction of sp³-hybridized carbons (Fsp3) is 0.300. The van der Waals surface area contributed by atoms with Gasteiger partial charge in [0.2, 0.25) is 0 Å². The summed E-state index contributed by atoms with van der Waals surface area (Å²) in [5.41, 5.74) is 3.83. The van der Waals surface area contributed by atoms with E-state index < -0.39 is 0 Å². The van der Waals surface area contributed by atoms with E-state index in [2.05, 4.69) is 15.8 Å². The van der Waals surface area contributed by atoms with Crippen molar-refractivity contribution in [3.63, 3.8) is 0 Å². The van der Waals surface area contributed by atoms with Gasteiger partial charge in [0.05, 0.1) is 5.70 Å². The van der Waals surface area contributed by atoms with E-state index in [-0.39, 0.29) is 0 Å². The van der Waals surface area contributed by atoms with Gasteiger partial charge in [-0.15, -0.1) is 0 Å². The van der Waals surface area contributed by atoms with E-state index >= 15 is 0 Å². The summed E-state index contributed by atoms with van der Waals surface area (Å²) in [5.74, 6) is 0.809. The first kappa shape index (κ1) is 10.9. The number of rotatable bonds is 3. The molecule has 0 amide bonds. The fourth-order valence-electron chi connectivity index (χ4n) is 1.44. The van der Waals surface area contributed by atoms with Crippen molar-refractivity contribution >= 4 is 17.4 Å². The molecule has 16 heavy (non-hydrogen) atoms. The number of hydrogen-bond donors (Lipinski definition) is 2. The van der Waals surface area contributed by atoms with E-state index in [4.69, 9.17) is 11.6 Å². The van der Waals surface area contributed by atoms with E-state index in [1.54, 1.807) is 5.01 Å². The summed E-state index contributed by atoms with van der Waals surface area (Å²) in [7, 11) is 1.88. The molecule has 1 aromatic rings. The molecular formula is C10H14ClN5. The minimum Gasteiger partial charge on any atom is -0.337 e. The van der Waals surface area contributed by atoms with E-state index in [9.17, 15) is 0 Å². The number of hydrogen-bond acceptors (Lipinski definition) is 4. The van der Waals surface area contributed by atoms with Crippen molar-refractivity contribution in [3.05, 3.63) is 35.4 Å². The number of hydrazine groups is 1. The first-order valence-corrected chi connectivity index (χ1v) is 5.44. The maximum atomic E-state index is 5.91. The number of aromatic nitrogens is 2. The first-order valence-electron chi connectivity index (χ1n) is 5.06. The Morgan fingerprint density at radius 2 is 2.38 bits per heavy atom. The summed E-state index contributed by atoms with van der Waals surface area (Å²) in [4.78, 5) is 0. The Labute approximate surface area is 99.3 Å². The van der Waals surface area contributed by atoms with Crippen LogP contribution in [-0.2, 0) is 6.54 Å². The highest BCUT2D eigenvalue weighted by Crippen LogP contribution is 2.14. The fourth-order valence-corrected chi connectivity index (χ4v) is 1.69. The van der Waals surface area contributed by atoms with Gasteiger partial charge in [0.15, 0.2) is 5.82 Å². The Bertz CT molecular complexity index is 434. The maximum Gasteiger partial charge on any atom is 0.152 e. The van der Waals surface area contributed by atoms with Crippen LogP contribution in [0.5, 0.6) is 0 Å². The summed E-state index contributed by atoms with van der Waals surface area (Å²) in [6, 6.07) is 1.92. The van der Waals surface area contributed by atoms with Crippen molar-refractivity contribution in [3.8, 4) is 0 Å². The molecule has 0 aliphatic carbocycles. The second-order valence-corrected chi connectivity index (χ2v) is 3.89. The third-order valence-electron chi connectivity index (χ3n) is 2.14. The molecule has 0 saturated carbocycles. The maximum absolute atomic E-state index is 5.91. The lowest BCUT2D eigenvalue weighted by Crippen LogP contribution is -2.31. The van der Waals surface area contributed by atoms with Crippen LogP contribution < -0.4 is 10.7 Å². The quantitative estimate of drug-likeness (QED) is 0.788. The van der Waals surface area contributed by atoms with Gasteiger partial charge in [-0.25, -0.2) is 0 Å². The molecule has 2 rings (SSSR count). The van der Waals surface area contributed by atoms with Crippen molar-refractivity contribution in [1.29, 1.82) is 0 Å². The normalized spacial score (nSPS) is 15.3. The van der Waals surface area contributed by atoms with Crippen LogP contribution in [0.4, 0.5) is 5.82 Å². The molecule has 1 aromatic heterocycles. The first-order chi connectivity index (χ1) is 7.67. The summed E-state index contributed by atoms with van der Waals surface area (Å²) in [6.45, 7) is 2.91.